The van der Waals surface area contributed by atoms with E-state index in [2.05, 4.69) is 278 Å². The van der Waals surface area contributed by atoms with Crippen LogP contribution in [0, 0.1) is 0 Å². The first-order valence-electron chi connectivity index (χ1n) is 23.6. The Morgan fingerprint density at radius 1 is 0.254 bits per heavy atom. The van der Waals surface area contributed by atoms with E-state index in [9.17, 15) is 0 Å². The highest BCUT2D eigenvalue weighted by atomic mass is 15.1. The number of rotatable bonds is 12. The van der Waals surface area contributed by atoms with Crippen LogP contribution in [0.25, 0.3) is 55.6 Å². The summed E-state index contributed by atoms with van der Waals surface area (Å²) in [7, 11) is 0. The van der Waals surface area contributed by atoms with Crippen LogP contribution < -0.4 is 9.80 Å². The van der Waals surface area contributed by atoms with Crippen molar-refractivity contribution in [3.8, 4) is 55.6 Å². The van der Waals surface area contributed by atoms with Gasteiger partial charge in [-0.25, -0.2) is 0 Å². The van der Waals surface area contributed by atoms with Crippen LogP contribution in [-0.2, 0) is 5.41 Å². The highest BCUT2D eigenvalue weighted by Crippen LogP contribution is 2.57. The fraction of sp³-hybridized carbons (Fsp3) is 0.0769. The zero-order chi connectivity index (χ0) is 45.2. The minimum Gasteiger partial charge on any atom is -0.311 e. The number of hydrogen-bond donors (Lipinski definition) is 0. The minimum atomic E-state index is -0.173. The summed E-state index contributed by atoms with van der Waals surface area (Å²) in [5.74, 6) is 0. The SMILES string of the molecule is CCC1(CC)c2cc(-c3ccc(N(c4ccccc4)c4ccccc4)cc3)c(-c3ccccc3)cc2-c2cc(-c3ccccc3)c(-c3ccc(N(c4ccccc4)c4ccccc4)cc3)cc21. The molecule has 10 aromatic rings. The van der Waals surface area contributed by atoms with E-state index in [0.29, 0.717) is 0 Å². The fourth-order valence-electron chi connectivity index (χ4n) is 10.6. The van der Waals surface area contributed by atoms with Gasteiger partial charge in [-0.1, -0.05) is 172 Å². The first kappa shape index (κ1) is 41.5. The minimum absolute atomic E-state index is 0.173. The molecule has 11 rings (SSSR count). The second-order valence-electron chi connectivity index (χ2n) is 17.5. The highest BCUT2D eigenvalue weighted by molar-refractivity contribution is 5.97. The molecule has 0 aromatic heterocycles. The molecule has 1 aliphatic carbocycles. The molecule has 0 atom stereocenters. The Morgan fingerprint density at radius 3 is 0.776 bits per heavy atom. The van der Waals surface area contributed by atoms with E-state index in [-0.39, 0.29) is 5.41 Å². The second-order valence-corrected chi connectivity index (χ2v) is 17.5. The summed E-state index contributed by atoms with van der Waals surface area (Å²) >= 11 is 0. The Kier molecular flexibility index (Phi) is 11.1. The Morgan fingerprint density at radius 2 is 0.493 bits per heavy atom. The van der Waals surface area contributed by atoms with Crippen LogP contribution in [-0.4, -0.2) is 0 Å². The van der Waals surface area contributed by atoms with E-state index in [1.54, 1.807) is 0 Å². The van der Waals surface area contributed by atoms with Gasteiger partial charge in [-0.05, 0) is 177 Å². The van der Waals surface area contributed by atoms with E-state index in [0.717, 1.165) is 47.0 Å². The van der Waals surface area contributed by atoms with Crippen LogP contribution in [0.5, 0.6) is 0 Å². The van der Waals surface area contributed by atoms with Gasteiger partial charge in [0.2, 0.25) is 0 Å². The summed E-state index contributed by atoms with van der Waals surface area (Å²) in [6, 6.07) is 93.0. The Hall–Kier alpha value is -8.20. The van der Waals surface area contributed by atoms with Crippen molar-refractivity contribution in [3.63, 3.8) is 0 Å². The summed E-state index contributed by atoms with van der Waals surface area (Å²) < 4.78 is 0. The molecule has 322 valence electrons. The summed E-state index contributed by atoms with van der Waals surface area (Å²) in [6.45, 7) is 4.76. The molecule has 0 radical (unpaired) electrons. The third-order valence-electron chi connectivity index (χ3n) is 13.9. The van der Waals surface area contributed by atoms with Gasteiger partial charge in [0.1, 0.15) is 0 Å². The van der Waals surface area contributed by atoms with Crippen LogP contribution in [0.3, 0.4) is 0 Å². The second kappa shape index (κ2) is 18.0. The largest absolute Gasteiger partial charge is 0.311 e. The van der Waals surface area contributed by atoms with E-state index >= 15 is 0 Å². The first-order valence-corrected chi connectivity index (χ1v) is 23.6. The molecular weight excluding hydrogens is 809 g/mol. The molecule has 1 aliphatic rings. The summed E-state index contributed by atoms with van der Waals surface area (Å²) in [5, 5.41) is 0. The maximum Gasteiger partial charge on any atom is 0.0462 e. The number of benzene rings is 10. The Labute approximate surface area is 395 Å². The molecule has 0 spiro atoms. The predicted molar refractivity (Wildman–Crippen MR) is 284 cm³/mol. The van der Waals surface area contributed by atoms with Gasteiger partial charge in [0.15, 0.2) is 0 Å². The molecule has 10 aromatic carbocycles. The molecule has 0 aliphatic heterocycles. The molecular formula is C65H52N2. The van der Waals surface area contributed by atoms with Crippen LogP contribution in [0.4, 0.5) is 34.1 Å². The van der Waals surface area contributed by atoms with Gasteiger partial charge < -0.3 is 9.80 Å². The molecule has 0 amide bonds. The van der Waals surface area contributed by atoms with Crippen molar-refractivity contribution >= 4 is 34.1 Å². The van der Waals surface area contributed by atoms with E-state index in [4.69, 9.17) is 0 Å². The fourth-order valence-corrected chi connectivity index (χ4v) is 10.6. The van der Waals surface area contributed by atoms with Gasteiger partial charge in [-0.3, -0.25) is 0 Å². The monoisotopic (exact) mass is 860 g/mol. The van der Waals surface area contributed by atoms with Crippen LogP contribution in [0.2, 0.25) is 0 Å². The van der Waals surface area contributed by atoms with E-state index < -0.39 is 0 Å². The molecule has 0 fully saturated rings. The van der Waals surface area contributed by atoms with Crippen molar-refractivity contribution in [3.05, 3.63) is 266 Å². The zero-order valence-electron chi connectivity index (χ0n) is 38.1. The first-order chi connectivity index (χ1) is 33.1. The molecule has 0 bridgehead atoms. The van der Waals surface area contributed by atoms with Crippen molar-refractivity contribution in [2.75, 3.05) is 9.80 Å². The molecule has 2 heteroatoms. The lowest BCUT2D eigenvalue weighted by molar-refractivity contribution is 0.491. The lowest BCUT2D eigenvalue weighted by Gasteiger charge is -2.31. The van der Waals surface area contributed by atoms with Gasteiger partial charge in [0, 0.05) is 39.5 Å². The summed E-state index contributed by atoms with van der Waals surface area (Å²) in [6.07, 6.45) is 1.98. The highest BCUT2D eigenvalue weighted by Gasteiger charge is 2.42. The molecule has 0 N–H and O–H groups in total. The normalized spacial score (nSPS) is 12.3. The summed E-state index contributed by atoms with van der Waals surface area (Å²) in [4.78, 5) is 4.66. The van der Waals surface area contributed by atoms with E-state index in [1.165, 1.54) is 66.8 Å². The van der Waals surface area contributed by atoms with Crippen molar-refractivity contribution in [1.29, 1.82) is 0 Å². The van der Waals surface area contributed by atoms with Crippen molar-refractivity contribution in [2.24, 2.45) is 0 Å². The molecule has 0 saturated heterocycles. The van der Waals surface area contributed by atoms with Crippen molar-refractivity contribution in [1.82, 2.24) is 0 Å². The average Bonchev–Trinajstić information content (AvgIpc) is 3.68. The molecule has 0 heterocycles. The van der Waals surface area contributed by atoms with E-state index in [1.807, 2.05) is 0 Å². The molecule has 67 heavy (non-hydrogen) atoms. The van der Waals surface area contributed by atoms with Crippen molar-refractivity contribution < 1.29 is 0 Å². The third kappa shape index (κ3) is 7.61. The number of nitrogens with zero attached hydrogens (tertiary/aromatic N) is 2. The number of fused-ring (bicyclic) bond motifs is 3. The smallest absolute Gasteiger partial charge is 0.0462 e. The maximum atomic E-state index is 2.55. The van der Waals surface area contributed by atoms with Crippen LogP contribution in [0.15, 0.2) is 255 Å². The molecule has 2 nitrogen and oxygen atoms in total. The van der Waals surface area contributed by atoms with Gasteiger partial charge in [0.25, 0.3) is 0 Å². The summed E-state index contributed by atoms with van der Waals surface area (Å²) in [5.41, 5.74) is 21.9. The Bertz CT molecular complexity index is 2950. The third-order valence-corrected chi connectivity index (χ3v) is 13.9. The van der Waals surface area contributed by atoms with Gasteiger partial charge in [0.05, 0.1) is 0 Å². The average molecular weight is 861 g/mol. The Balaban J connectivity index is 1.06. The lowest BCUT2D eigenvalue weighted by atomic mass is 9.72. The number of para-hydroxylation sites is 4. The predicted octanol–water partition coefficient (Wildman–Crippen LogP) is 18.4. The lowest BCUT2D eigenvalue weighted by Crippen LogP contribution is -2.23. The number of anilines is 6. The van der Waals surface area contributed by atoms with Gasteiger partial charge in [-0.2, -0.15) is 0 Å². The quantitative estimate of drug-likeness (QED) is 0.121. The number of hydrogen-bond acceptors (Lipinski definition) is 2. The molecule has 0 unspecified atom stereocenters. The maximum absolute atomic E-state index is 2.55. The standard InChI is InChI=1S/C65H52N2/c1-3-65(4-2)63-45-59(49-35-39-55(40-36-49)66(51-27-15-7-16-28-51)52-29-17-8-18-30-52)57(47-23-11-5-12-24-47)43-61(63)62-44-58(48-25-13-6-14-26-48)60(46-64(62)65)50-37-41-56(42-38-50)67(53-31-19-9-20-32-53)54-33-21-10-22-34-54/h5-46H,3-4H2,1-2H3. The van der Waals surface area contributed by atoms with Crippen molar-refractivity contribution in [2.45, 2.75) is 32.1 Å². The van der Waals surface area contributed by atoms with Crippen LogP contribution >= 0.6 is 0 Å². The van der Waals surface area contributed by atoms with Crippen LogP contribution in [0.1, 0.15) is 37.8 Å². The van der Waals surface area contributed by atoms with Gasteiger partial charge in [-0.15, -0.1) is 0 Å². The molecule has 0 saturated carbocycles. The topological polar surface area (TPSA) is 6.48 Å². The zero-order valence-corrected chi connectivity index (χ0v) is 38.1. The van der Waals surface area contributed by atoms with Gasteiger partial charge >= 0.3 is 0 Å².